The number of nitrogens with zero attached hydrogens (tertiary/aromatic N) is 1. The summed E-state index contributed by atoms with van der Waals surface area (Å²) in [6.45, 7) is 0. The summed E-state index contributed by atoms with van der Waals surface area (Å²) >= 11 is 5.88. The lowest BCUT2D eigenvalue weighted by Crippen LogP contribution is -2.24. The third-order valence-corrected chi connectivity index (χ3v) is 4.24. The van der Waals surface area contributed by atoms with E-state index in [0.29, 0.717) is 10.6 Å². The monoisotopic (exact) mass is 229 g/mol. The van der Waals surface area contributed by atoms with Gasteiger partial charge in [-0.15, -0.1) is 0 Å². The van der Waals surface area contributed by atoms with Gasteiger partial charge in [0.05, 0.1) is 4.90 Å². The maximum absolute atomic E-state index is 11.8. The molecule has 5 heteroatoms. The molecule has 1 aromatic rings. The van der Waals surface area contributed by atoms with E-state index in [2.05, 4.69) is 0 Å². The molecule has 14 heavy (non-hydrogen) atoms. The van der Waals surface area contributed by atoms with E-state index in [1.165, 1.54) is 17.6 Å². The van der Waals surface area contributed by atoms with Crippen LogP contribution in [0.2, 0.25) is 5.02 Å². The number of benzene rings is 1. The molecule has 0 aliphatic carbocycles. The molecule has 0 atom stereocenters. The van der Waals surface area contributed by atoms with Gasteiger partial charge in [-0.05, 0) is 18.2 Å². The van der Waals surface area contributed by atoms with Gasteiger partial charge in [-0.2, -0.15) is 0 Å². The highest BCUT2D eigenvalue weighted by Gasteiger charge is 2.25. The summed E-state index contributed by atoms with van der Waals surface area (Å²) in [6, 6.07) is 4.85. The van der Waals surface area contributed by atoms with Crippen molar-refractivity contribution in [3.8, 4) is 0 Å². The van der Waals surface area contributed by atoms with E-state index in [-0.39, 0.29) is 4.90 Å². The Balaban J connectivity index is 2.80. The molecule has 1 heterocycles. The van der Waals surface area contributed by atoms with E-state index in [9.17, 15) is 8.42 Å². The van der Waals surface area contributed by atoms with Crippen LogP contribution in [-0.4, -0.2) is 19.8 Å². The Morgan fingerprint density at radius 2 is 2.07 bits per heavy atom. The van der Waals surface area contributed by atoms with E-state index < -0.39 is 10.0 Å². The maximum Gasteiger partial charge on any atom is 0.264 e. The van der Waals surface area contributed by atoms with Crippen molar-refractivity contribution in [3.63, 3.8) is 0 Å². The number of hydrogen-bond donors (Lipinski definition) is 0. The van der Waals surface area contributed by atoms with Gasteiger partial charge in [0.25, 0.3) is 10.0 Å². The number of rotatable bonds is 0. The first-order valence-corrected chi connectivity index (χ1v) is 5.80. The highest BCUT2D eigenvalue weighted by molar-refractivity contribution is 7.89. The molecule has 0 fully saturated rings. The number of hydrogen-bond acceptors (Lipinski definition) is 2. The molecule has 74 valence electrons. The SMILES string of the molecule is CN1C=Cc2c(Cl)cccc2S1(=O)=O. The summed E-state index contributed by atoms with van der Waals surface area (Å²) in [7, 11) is -1.89. The third kappa shape index (κ3) is 1.22. The summed E-state index contributed by atoms with van der Waals surface area (Å²) in [4.78, 5) is 0.259. The van der Waals surface area contributed by atoms with Gasteiger partial charge in [0, 0.05) is 23.8 Å². The van der Waals surface area contributed by atoms with E-state index >= 15 is 0 Å². The van der Waals surface area contributed by atoms with Crippen molar-refractivity contribution in [2.75, 3.05) is 7.05 Å². The smallest absolute Gasteiger partial charge is 0.264 e. The topological polar surface area (TPSA) is 37.4 Å². The van der Waals surface area contributed by atoms with Crippen LogP contribution < -0.4 is 0 Å². The van der Waals surface area contributed by atoms with Crippen LogP contribution in [0.4, 0.5) is 0 Å². The molecular formula is C9H8ClNO2S. The second-order valence-corrected chi connectivity index (χ2v) is 5.36. The molecule has 0 aromatic heterocycles. The van der Waals surface area contributed by atoms with Crippen LogP contribution in [0, 0.1) is 0 Å². The Hall–Kier alpha value is -1.00. The van der Waals surface area contributed by atoms with Crippen LogP contribution in [0.15, 0.2) is 29.3 Å². The first kappa shape index (κ1) is 9.55. The van der Waals surface area contributed by atoms with Crippen molar-refractivity contribution in [2.24, 2.45) is 0 Å². The lowest BCUT2D eigenvalue weighted by atomic mass is 10.2. The van der Waals surface area contributed by atoms with Gasteiger partial charge >= 0.3 is 0 Å². The average Bonchev–Trinajstić information content (AvgIpc) is 2.13. The summed E-state index contributed by atoms with van der Waals surface area (Å²) in [6.07, 6.45) is 3.18. The van der Waals surface area contributed by atoms with Crippen LogP contribution >= 0.6 is 11.6 Å². The summed E-state index contributed by atoms with van der Waals surface area (Å²) in [5.41, 5.74) is 0.562. The Kier molecular flexibility index (Phi) is 2.05. The number of halogens is 1. The van der Waals surface area contributed by atoms with Gasteiger partial charge in [0.1, 0.15) is 0 Å². The van der Waals surface area contributed by atoms with Crippen LogP contribution in [0.3, 0.4) is 0 Å². The van der Waals surface area contributed by atoms with Crippen molar-refractivity contribution >= 4 is 27.7 Å². The van der Waals surface area contributed by atoms with Gasteiger partial charge in [0.15, 0.2) is 0 Å². The zero-order chi connectivity index (χ0) is 10.3. The Bertz CT molecular complexity index is 508. The summed E-state index contributed by atoms with van der Waals surface area (Å²) in [5.74, 6) is 0. The largest absolute Gasteiger partial charge is 0.276 e. The number of fused-ring (bicyclic) bond motifs is 1. The van der Waals surface area contributed by atoms with Crippen molar-refractivity contribution in [3.05, 3.63) is 35.0 Å². The second-order valence-electron chi connectivity index (χ2n) is 2.99. The Morgan fingerprint density at radius 3 is 2.79 bits per heavy atom. The minimum absolute atomic E-state index is 0.259. The minimum atomic E-state index is -3.38. The molecule has 0 spiro atoms. The molecule has 1 aliphatic rings. The third-order valence-electron chi connectivity index (χ3n) is 2.12. The predicted octanol–water partition coefficient (Wildman–Crippen LogP) is 1.94. The minimum Gasteiger partial charge on any atom is -0.276 e. The lowest BCUT2D eigenvalue weighted by Gasteiger charge is -2.21. The van der Waals surface area contributed by atoms with E-state index in [0.717, 1.165) is 0 Å². The normalized spacial score (nSPS) is 18.0. The van der Waals surface area contributed by atoms with E-state index in [4.69, 9.17) is 11.6 Å². The zero-order valence-corrected chi connectivity index (χ0v) is 9.01. The fraction of sp³-hybridized carbons (Fsp3) is 0.111. The van der Waals surface area contributed by atoms with Gasteiger partial charge < -0.3 is 0 Å². The molecule has 0 saturated heterocycles. The zero-order valence-electron chi connectivity index (χ0n) is 7.44. The molecule has 0 saturated carbocycles. The van der Waals surface area contributed by atoms with E-state index in [1.54, 1.807) is 24.3 Å². The van der Waals surface area contributed by atoms with Crippen molar-refractivity contribution in [1.82, 2.24) is 4.31 Å². The summed E-state index contributed by atoms with van der Waals surface area (Å²) in [5, 5.41) is 0.454. The predicted molar refractivity (Wildman–Crippen MR) is 55.4 cm³/mol. The van der Waals surface area contributed by atoms with Crippen LogP contribution in [0.1, 0.15) is 5.56 Å². The van der Waals surface area contributed by atoms with Gasteiger partial charge in [-0.3, -0.25) is 4.31 Å². The van der Waals surface area contributed by atoms with Crippen LogP contribution in [0.25, 0.3) is 6.08 Å². The first-order valence-electron chi connectivity index (χ1n) is 3.98. The highest BCUT2D eigenvalue weighted by Crippen LogP contribution is 2.30. The molecule has 0 amide bonds. The van der Waals surface area contributed by atoms with Crippen molar-refractivity contribution in [2.45, 2.75) is 4.90 Å². The quantitative estimate of drug-likeness (QED) is 0.682. The van der Waals surface area contributed by atoms with Gasteiger partial charge in [0.2, 0.25) is 0 Å². The molecule has 2 rings (SSSR count). The molecule has 3 nitrogen and oxygen atoms in total. The molecule has 1 aromatic carbocycles. The maximum atomic E-state index is 11.8. The van der Waals surface area contributed by atoms with Crippen LogP contribution in [-0.2, 0) is 10.0 Å². The van der Waals surface area contributed by atoms with Crippen molar-refractivity contribution < 1.29 is 8.42 Å². The highest BCUT2D eigenvalue weighted by atomic mass is 35.5. The summed E-state index contributed by atoms with van der Waals surface area (Å²) < 4.78 is 24.7. The average molecular weight is 230 g/mol. The van der Waals surface area contributed by atoms with Gasteiger partial charge in [-0.25, -0.2) is 8.42 Å². The molecule has 0 bridgehead atoms. The molecule has 0 N–H and O–H groups in total. The molecule has 0 radical (unpaired) electrons. The molecular weight excluding hydrogens is 222 g/mol. The second kappa shape index (κ2) is 3.00. The van der Waals surface area contributed by atoms with Gasteiger partial charge in [-0.1, -0.05) is 17.7 Å². The fourth-order valence-corrected chi connectivity index (χ4v) is 2.85. The Morgan fingerprint density at radius 1 is 1.36 bits per heavy atom. The standard InChI is InChI=1S/C9H8ClNO2S/c1-11-6-5-7-8(10)3-2-4-9(7)14(11,12)13/h2-6H,1H3. The first-order chi connectivity index (χ1) is 6.53. The van der Waals surface area contributed by atoms with E-state index in [1.807, 2.05) is 0 Å². The molecule has 1 aliphatic heterocycles. The fourth-order valence-electron chi connectivity index (χ4n) is 1.32. The van der Waals surface area contributed by atoms with Crippen LogP contribution in [0.5, 0.6) is 0 Å². The number of sulfonamides is 1. The molecule has 0 unspecified atom stereocenters. The Labute approximate surface area is 87.7 Å². The van der Waals surface area contributed by atoms with Crippen molar-refractivity contribution in [1.29, 1.82) is 0 Å². The lowest BCUT2D eigenvalue weighted by molar-refractivity contribution is 0.537.